The van der Waals surface area contributed by atoms with E-state index in [4.69, 9.17) is 15.2 Å². The lowest BCUT2D eigenvalue weighted by Gasteiger charge is -2.18. The molecule has 114 valence electrons. The van der Waals surface area contributed by atoms with Crippen LogP contribution in [0.3, 0.4) is 0 Å². The number of para-hydroxylation sites is 1. The molecule has 1 aromatic carbocycles. The second-order valence-corrected chi connectivity index (χ2v) is 5.11. The summed E-state index contributed by atoms with van der Waals surface area (Å²) < 4.78 is 12.6. The van der Waals surface area contributed by atoms with Crippen LogP contribution in [0.2, 0.25) is 0 Å². The first kappa shape index (κ1) is 15.3. The first-order chi connectivity index (χ1) is 10.1. The summed E-state index contributed by atoms with van der Waals surface area (Å²) in [6, 6.07) is 5.72. The van der Waals surface area contributed by atoms with E-state index in [2.05, 4.69) is 23.9 Å². The largest absolute Gasteiger partial charge is 0.493 e. The van der Waals surface area contributed by atoms with Gasteiger partial charge in [-0.2, -0.15) is 5.10 Å². The molecule has 1 atom stereocenters. The van der Waals surface area contributed by atoms with Gasteiger partial charge in [-0.15, -0.1) is 0 Å². The Balaban J connectivity index is 2.28. The van der Waals surface area contributed by atoms with Crippen LogP contribution < -0.4 is 15.2 Å². The van der Waals surface area contributed by atoms with Crippen LogP contribution in [-0.2, 0) is 6.42 Å². The van der Waals surface area contributed by atoms with E-state index in [1.165, 1.54) is 0 Å². The second-order valence-electron chi connectivity index (χ2n) is 5.11. The van der Waals surface area contributed by atoms with Crippen molar-refractivity contribution in [3.05, 3.63) is 35.9 Å². The maximum absolute atomic E-state index is 6.34. The summed E-state index contributed by atoms with van der Waals surface area (Å²) in [4.78, 5) is 4.30. The maximum atomic E-state index is 6.34. The quantitative estimate of drug-likeness (QED) is 0.882. The third-order valence-corrected chi connectivity index (χ3v) is 3.37. The van der Waals surface area contributed by atoms with Crippen molar-refractivity contribution in [1.29, 1.82) is 0 Å². The average Bonchev–Trinajstić information content (AvgIpc) is 2.94. The lowest BCUT2D eigenvalue weighted by molar-refractivity contribution is 0.349. The van der Waals surface area contributed by atoms with Gasteiger partial charge in [-0.25, -0.2) is 9.67 Å². The molecular formula is C15H22N4O2. The second kappa shape index (κ2) is 6.58. The van der Waals surface area contributed by atoms with Gasteiger partial charge in [0.05, 0.1) is 14.2 Å². The number of hydrogen-bond donors (Lipinski definition) is 1. The highest BCUT2D eigenvalue weighted by Gasteiger charge is 2.19. The van der Waals surface area contributed by atoms with Crippen molar-refractivity contribution in [2.75, 3.05) is 14.2 Å². The molecular weight excluding hydrogens is 268 g/mol. The number of benzene rings is 1. The highest BCUT2D eigenvalue weighted by molar-refractivity contribution is 5.48. The number of ether oxygens (including phenoxy) is 2. The predicted molar refractivity (Wildman–Crippen MR) is 80.6 cm³/mol. The van der Waals surface area contributed by atoms with Gasteiger partial charge >= 0.3 is 0 Å². The van der Waals surface area contributed by atoms with E-state index in [-0.39, 0.29) is 12.1 Å². The molecule has 0 aliphatic rings. The molecule has 1 aromatic heterocycles. The molecule has 0 aliphatic heterocycles. The normalized spacial score (nSPS) is 12.5. The zero-order chi connectivity index (χ0) is 15.4. The molecule has 1 unspecified atom stereocenters. The summed E-state index contributed by atoms with van der Waals surface area (Å²) in [6.45, 7) is 4.13. The van der Waals surface area contributed by atoms with Gasteiger partial charge < -0.3 is 15.2 Å². The van der Waals surface area contributed by atoms with Crippen molar-refractivity contribution < 1.29 is 9.47 Å². The van der Waals surface area contributed by atoms with Crippen molar-refractivity contribution >= 4 is 0 Å². The van der Waals surface area contributed by atoms with E-state index in [1.54, 1.807) is 20.5 Å². The summed E-state index contributed by atoms with van der Waals surface area (Å²) in [5.41, 5.74) is 7.24. The molecule has 2 N–H and O–H groups in total. The molecule has 0 amide bonds. The highest BCUT2D eigenvalue weighted by atomic mass is 16.5. The lowest BCUT2D eigenvalue weighted by Crippen LogP contribution is -2.18. The minimum absolute atomic E-state index is 0.239. The molecule has 0 saturated heterocycles. The molecule has 0 spiro atoms. The van der Waals surface area contributed by atoms with Crippen molar-refractivity contribution in [3.8, 4) is 11.5 Å². The summed E-state index contributed by atoms with van der Waals surface area (Å²) in [5, 5.41) is 4.23. The Morgan fingerprint density at radius 1 is 1.24 bits per heavy atom. The molecule has 1 heterocycles. The monoisotopic (exact) mass is 290 g/mol. The third-order valence-electron chi connectivity index (χ3n) is 3.37. The van der Waals surface area contributed by atoms with Gasteiger partial charge in [0, 0.05) is 24.1 Å². The molecule has 0 bridgehead atoms. The fraction of sp³-hybridized carbons (Fsp3) is 0.467. The maximum Gasteiger partial charge on any atom is 0.165 e. The van der Waals surface area contributed by atoms with Crippen molar-refractivity contribution in [2.45, 2.75) is 32.4 Å². The first-order valence-electron chi connectivity index (χ1n) is 6.93. The summed E-state index contributed by atoms with van der Waals surface area (Å²) >= 11 is 0. The zero-order valence-corrected chi connectivity index (χ0v) is 12.9. The topological polar surface area (TPSA) is 75.2 Å². The van der Waals surface area contributed by atoms with Crippen molar-refractivity contribution in [1.82, 2.24) is 14.8 Å². The number of nitrogens with zero attached hydrogens (tertiary/aromatic N) is 3. The van der Waals surface area contributed by atoms with Crippen LogP contribution in [0.4, 0.5) is 0 Å². The summed E-state index contributed by atoms with van der Waals surface area (Å²) in [5.74, 6) is 2.21. The Bertz CT molecular complexity index is 595. The van der Waals surface area contributed by atoms with E-state index >= 15 is 0 Å². The lowest BCUT2D eigenvalue weighted by atomic mass is 10.0. The van der Waals surface area contributed by atoms with Gasteiger partial charge in [0.2, 0.25) is 0 Å². The standard InChI is InChI=1S/C15H22N4O2/c1-10(2)19-14(17-9-18-19)8-12(16)11-6-5-7-13(20-3)15(11)21-4/h5-7,9-10,12H,8,16H2,1-4H3. The Morgan fingerprint density at radius 3 is 2.62 bits per heavy atom. The minimum Gasteiger partial charge on any atom is -0.493 e. The number of rotatable bonds is 6. The fourth-order valence-corrected chi connectivity index (χ4v) is 2.36. The molecule has 2 aromatic rings. The zero-order valence-electron chi connectivity index (χ0n) is 12.9. The van der Waals surface area contributed by atoms with Gasteiger partial charge in [0.15, 0.2) is 11.5 Å². The fourth-order valence-electron chi connectivity index (χ4n) is 2.36. The number of hydrogen-bond acceptors (Lipinski definition) is 5. The van der Waals surface area contributed by atoms with Crippen molar-refractivity contribution in [3.63, 3.8) is 0 Å². The number of methoxy groups -OCH3 is 2. The van der Waals surface area contributed by atoms with Gasteiger partial charge in [0.25, 0.3) is 0 Å². The minimum atomic E-state index is -0.239. The van der Waals surface area contributed by atoms with Gasteiger partial charge in [-0.1, -0.05) is 12.1 Å². The molecule has 0 saturated carbocycles. The van der Waals surface area contributed by atoms with E-state index in [9.17, 15) is 0 Å². The number of nitrogens with two attached hydrogens (primary N) is 1. The van der Waals surface area contributed by atoms with Crippen LogP contribution in [0.15, 0.2) is 24.5 Å². The Kier molecular flexibility index (Phi) is 4.80. The predicted octanol–water partition coefficient (Wildman–Crippen LogP) is 2.12. The highest BCUT2D eigenvalue weighted by Crippen LogP contribution is 2.34. The van der Waals surface area contributed by atoms with Gasteiger partial charge in [0.1, 0.15) is 12.2 Å². The van der Waals surface area contributed by atoms with Crippen molar-refractivity contribution in [2.24, 2.45) is 5.73 Å². The summed E-state index contributed by atoms with van der Waals surface area (Å²) in [6.07, 6.45) is 2.15. The molecule has 0 fully saturated rings. The Hall–Kier alpha value is -2.08. The summed E-state index contributed by atoms with van der Waals surface area (Å²) in [7, 11) is 3.23. The molecule has 2 rings (SSSR count). The van der Waals surface area contributed by atoms with Crippen LogP contribution >= 0.6 is 0 Å². The van der Waals surface area contributed by atoms with Crippen LogP contribution in [0, 0.1) is 0 Å². The SMILES string of the molecule is COc1cccc(C(N)Cc2ncnn2C(C)C)c1OC. The first-order valence-corrected chi connectivity index (χ1v) is 6.93. The molecule has 21 heavy (non-hydrogen) atoms. The van der Waals surface area contributed by atoms with E-state index in [0.29, 0.717) is 17.9 Å². The van der Waals surface area contributed by atoms with Crippen LogP contribution in [0.5, 0.6) is 11.5 Å². The van der Waals surface area contributed by atoms with Gasteiger partial charge in [-0.3, -0.25) is 0 Å². The van der Waals surface area contributed by atoms with E-state index in [1.807, 2.05) is 22.9 Å². The van der Waals surface area contributed by atoms with Crippen LogP contribution in [-0.4, -0.2) is 29.0 Å². The Morgan fingerprint density at radius 2 is 2.00 bits per heavy atom. The molecule has 6 nitrogen and oxygen atoms in total. The molecule has 6 heteroatoms. The van der Waals surface area contributed by atoms with Crippen LogP contribution in [0.1, 0.15) is 37.3 Å². The van der Waals surface area contributed by atoms with E-state index in [0.717, 1.165) is 11.4 Å². The van der Waals surface area contributed by atoms with Gasteiger partial charge in [-0.05, 0) is 19.9 Å². The molecule has 0 aliphatic carbocycles. The number of aromatic nitrogens is 3. The average molecular weight is 290 g/mol. The molecule has 0 radical (unpaired) electrons. The van der Waals surface area contributed by atoms with Crippen LogP contribution in [0.25, 0.3) is 0 Å². The smallest absolute Gasteiger partial charge is 0.165 e. The van der Waals surface area contributed by atoms with E-state index < -0.39 is 0 Å². The third kappa shape index (κ3) is 3.16. The Labute approximate surface area is 124 Å².